The smallest absolute Gasteiger partial charge is 0.263 e. The number of carbonyl (C=O) groups is 1. The summed E-state index contributed by atoms with van der Waals surface area (Å²) in [6.45, 7) is 4.05. The van der Waals surface area contributed by atoms with E-state index in [9.17, 15) is 14.0 Å². The lowest BCUT2D eigenvalue weighted by Crippen LogP contribution is -2.29. The number of halogens is 2. The Balaban J connectivity index is 2.57. The number of pyridine rings is 1. The van der Waals surface area contributed by atoms with E-state index < -0.39 is 10.8 Å². The summed E-state index contributed by atoms with van der Waals surface area (Å²) in [5.41, 5.74) is 2.01. The molecular formula is C16H15ClFNO2. The van der Waals surface area contributed by atoms with Crippen LogP contribution in [-0.2, 0) is 13.0 Å². The largest absolute Gasteiger partial charge is 0.307 e. The van der Waals surface area contributed by atoms with E-state index in [1.54, 1.807) is 12.1 Å². The van der Waals surface area contributed by atoms with E-state index in [1.165, 1.54) is 22.8 Å². The van der Waals surface area contributed by atoms with Gasteiger partial charge in [-0.1, -0.05) is 19.1 Å². The molecule has 0 radical (unpaired) electrons. The van der Waals surface area contributed by atoms with Crippen LogP contribution in [0.2, 0.25) is 0 Å². The van der Waals surface area contributed by atoms with Crippen LogP contribution in [-0.4, -0.2) is 9.81 Å². The highest BCUT2D eigenvalue weighted by atomic mass is 35.5. The minimum absolute atomic E-state index is 0.0338. The number of nitrogens with zero attached hydrogens (tertiary/aromatic N) is 1. The molecule has 0 saturated carbocycles. The van der Waals surface area contributed by atoms with Gasteiger partial charge in [-0.05, 0) is 54.3 Å². The summed E-state index contributed by atoms with van der Waals surface area (Å²) in [4.78, 5) is 23.8. The predicted octanol–water partition coefficient (Wildman–Crippen LogP) is 3.29. The molecule has 1 aromatic heterocycles. The zero-order chi connectivity index (χ0) is 15.6. The Hall–Kier alpha value is -1.94. The molecule has 0 aliphatic carbocycles. The first-order chi connectivity index (χ1) is 9.93. The molecule has 0 amide bonds. The maximum Gasteiger partial charge on any atom is 0.263 e. The van der Waals surface area contributed by atoms with Crippen LogP contribution in [0.25, 0.3) is 0 Å². The standard InChI is InChI=1S/C16H15ClFNO2/c1-3-14-10(2)8-13(15(17)20)16(21)19(14)9-11-4-6-12(18)7-5-11/h4-8H,3,9H2,1-2H3. The van der Waals surface area contributed by atoms with E-state index in [0.717, 1.165) is 16.8 Å². The van der Waals surface area contributed by atoms with Gasteiger partial charge in [-0.2, -0.15) is 0 Å². The minimum Gasteiger partial charge on any atom is -0.307 e. The lowest BCUT2D eigenvalue weighted by Gasteiger charge is -2.15. The van der Waals surface area contributed by atoms with Crippen molar-refractivity contribution in [3.8, 4) is 0 Å². The fourth-order valence-electron chi connectivity index (χ4n) is 2.39. The summed E-state index contributed by atoms with van der Waals surface area (Å²) in [6, 6.07) is 7.44. The average Bonchev–Trinajstić information content (AvgIpc) is 2.44. The number of benzene rings is 1. The summed E-state index contributed by atoms with van der Waals surface area (Å²) in [5, 5.41) is -0.765. The van der Waals surface area contributed by atoms with Gasteiger partial charge in [0.15, 0.2) is 0 Å². The third kappa shape index (κ3) is 3.22. The molecule has 0 spiro atoms. The molecule has 1 aromatic carbocycles. The predicted molar refractivity (Wildman–Crippen MR) is 80.5 cm³/mol. The second kappa shape index (κ2) is 6.22. The van der Waals surface area contributed by atoms with Crippen molar-refractivity contribution in [3.05, 3.63) is 68.9 Å². The highest BCUT2D eigenvalue weighted by Crippen LogP contribution is 2.13. The quantitative estimate of drug-likeness (QED) is 0.813. The van der Waals surface area contributed by atoms with Gasteiger partial charge in [-0.3, -0.25) is 9.59 Å². The lowest BCUT2D eigenvalue weighted by atomic mass is 10.1. The Bertz CT molecular complexity index is 735. The maximum atomic E-state index is 13.0. The van der Waals surface area contributed by atoms with Gasteiger partial charge in [-0.15, -0.1) is 0 Å². The molecule has 0 aliphatic heterocycles. The third-order valence-electron chi connectivity index (χ3n) is 3.42. The van der Waals surface area contributed by atoms with E-state index >= 15 is 0 Å². The average molecular weight is 308 g/mol. The molecule has 21 heavy (non-hydrogen) atoms. The zero-order valence-electron chi connectivity index (χ0n) is 11.8. The van der Waals surface area contributed by atoms with Crippen LogP contribution in [0, 0.1) is 12.7 Å². The first kappa shape index (κ1) is 15.4. The summed E-state index contributed by atoms with van der Waals surface area (Å²) in [5.74, 6) is -0.331. The number of aryl methyl sites for hydroxylation is 1. The van der Waals surface area contributed by atoms with Gasteiger partial charge in [0.05, 0.1) is 12.1 Å². The van der Waals surface area contributed by atoms with Crippen molar-refractivity contribution in [1.82, 2.24) is 4.57 Å². The summed E-state index contributed by atoms with van der Waals surface area (Å²) >= 11 is 5.47. The highest BCUT2D eigenvalue weighted by molar-refractivity contribution is 6.67. The Morgan fingerprint density at radius 1 is 1.29 bits per heavy atom. The first-order valence-corrected chi connectivity index (χ1v) is 6.99. The molecule has 2 rings (SSSR count). The number of carbonyl (C=O) groups excluding carboxylic acids is 1. The summed E-state index contributed by atoms with van der Waals surface area (Å²) < 4.78 is 14.5. The van der Waals surface area contributed by atoms with Crippen molar-refractivity contribution in [2.45, 2.75) is 26.8 Å². The van der Waals surface area contributed by atoms with Crippen LogP contribution < -0.4 is 5.56 Å². The van der Waals surface area contributed by atoms with Crippen molar-refractivity contribution < 1.29 is 9.18 Å². The van der Waals surface area contributed by atoms with Gasteiger partial charge < -0.3 is 4.57 Å². The van der Waals surface area contributed by atoms with Gasteiger partial charge in [0, 0.05) is 5.69 Å². The van der Waals surface area contributed by atoms with Gasteiger partial charge in [0.25, 0.3) is 10.8 Å². The molecule has 2 aromatic rings. The van der Waals surface area contributed by atoms with Crippen molar-refractivity contribution in [1.29, 1.82) is 0 Å². The number of rotatable bonds is 4. The molecular weight excluding hydrogens is 293 g/mol. The SMILES string of the molecule is CCc1c(C)cc(C(=O)Cl)c(=O)n1Cc1ccc(F)cc1. The van der Waals surface area contributed by atoms with Crippen LogP contribution in [0.1, 0.15) is 34.1 Å². The lowest BCUT2D eigenvalue weighted by molar-refractivity contribution is 0.107. The first-order valence-electron chi connectivity index (χ1n) is 6.61. The zero-order valence-corrected chi connectivity index (χ0v) is 12.6. The fraction of sp³-hybridized carbons (Fsp3) is 0.250. The molecule has 5 heteroatoms. The third-order valence-corrected chi connectivity index (χ3v) is 3.62. The molecule has 0 saturated heterocycles. The normalized spacial score (nSPS) is 10.7. The van der Waals surface area contributed by atoms with Crippen molar-refractivity contribution in [2.24, 2.45) is 0 Å². The molecule has 0 atom stereocenters. The van der Waals surface area contributed by atoms with Crippen molar-refractivity contribution in [2.75, 3.05) is 0 Å². The van der Waals surface area contributed by atoms with Gasteiger partial charge in [-0.25, -0.2) is 4.39 Å². The Morgan fingerprint density at radius 2 is 1.90 bits per heavy atom. The second-order valence-corrected chi connectivity index (χ2v) is 5.18. The summed E-state index contributed by atoms with van der Waals surface area (Å²) in [6.07, 6.45) is 0.652. The van der Waals surface area contributed by atoms with Crippen LogP contribution in [0.15, 0.2) is 35.1 Å². The second-order valence-electron chi connectivity index (χ2n) is 4.83. The molecule has 1 heterocycles. The Morgan fingerprint density at radius 3 is 2.43 bits per heavy atom. The van der Waals surface area contributed by atoms with Gasteiger partial charge >= 0.3 is 0 Å². The topological polar surface area (TPSA) is 39.1 Å². The molecule has 0 bridgehead atoms. The van der Waals surface area contributed by atoms with Crippen LogP contribution >= 0.6 is 11.6 Å². The number of aromatic nitrogens is 1. The Labute approximate surface area is 127 Å². The van der Waals surface area contributed by atoms with E-state index in [-0.39, 0.29) is 17.9 Å². The van der Waals surface area contributed by atoms with Crippen LogP contribution in [0.5, 0.6) is 0 Å². The Kier molecular flexibility index (Phi) is 4.58. The van der Waals surface area contributed by atoms with Gasteiger partial charge in [0.1, 0.15) is 5.82 Å². The van der Waals surface area contributed by atoms with Crippen molar-refractivity contribution >= 4 is 16.8 Å². The van der Waals surface area contributed by atoms with E-state index in [2.05, 4.69) is 0 Å². The highest BCUT2D eigenvalue weighted by Gasteiger charge is 2.15. The molecule has 0 N–H and O–H groups in total. The molecule has 110 valence electrons. The van der Waals surface area contributed by atoms with E-state index in [0.29, 0.717) is 6.42 Å². The monoisotopic (exact) mass is 307 g/mol. The van der Waals surface area contributed by atoms with E-state index in [1.807, 2.05) is 13.8 Å². The van der Waals surface area contributed by atoms with Crippen LogP contribution in [0.3, 0.4) is 0 Å². The molecule has 3 nitrogen and oxygen atoms in total. The van der Waals surface area contributed by atoms with Gasteiger partial charge in [0.2, 0.25) is 0 Å². The van der Waals surface area contributed by atoms with Crippen LogP contribution in [0.4, 0.5) is 4.39 Å². The minimum atomic E-state index is -0.765. The summed E-state index contributed by atoms with van der Waals surface area (Å²) in [7, 11) is 0. The molecule has 0 fully saturated rings. The molecule has 0 unspecified atom stereocenters. The number of hydrogen-bond donors (Lipinski definition) is 0. The number of hydrogen-bond acceptors (Lipinski definition) is 2. The van der Waals surface area contributed by atoms with Crippen molar-refractivity contribution in [3.63, 3.8) is 0 Å². The fourth-order valence-corrected chi connectivity index (χ4v) is 2.53. The maximum absolute atomic E-state index is 13.0. The van der Waals surface area contributed by atoms with E-state index in [4.69, 9.17) is 11.6 Å². The molecule has 0 aliphatic rings.